The molecule has 0 saturated carbocycles. The van der Waals surface area contributed by atoms with Crippen molar-refractivity contribution >= 4 is 17.0 Å². The lowest BCUT2D eigenvalue weighted by Crippen LogP contribution is -1.99. The van der Waals surface area contributed by atoms with Crippen LogP contribution in [0.1, 0.15) is 10.7 Å². The Bertz CT molecular complexity index is 754. The van der Waals surface area contributed by atoms with Crippen molar-refractivity contribution in [1.29, 1.82) is 0 Å². The lowest BCUT2D eigenvalue weighted by Gasteiger charge is -2.05. The molecule has 0 bridgehead atoms. The minimum absolute atomic E-state index is 0.124. The molecule has 1 aromatic carbocycles. The van der Waals surface area contributed by atoms with Gasteiger partial charge in [0.1, 0.15) is 0 Å². The van der Waals surface area contributed by atoms with Gasteiger partial charge in [0, 0.05) is 17.1 Å². The molecule has 0 aliphatic carbocycles. The topological polar surface area (TPSA) is 73.6 Å². The molecule has 0 aliphatic rings. The summed E-state index contributed by atoms with van der Waals surface area (Å²) in [6.07, 6.45) is 0. The maximum absolute atomic E-state index is 11.1. The van der Waals surface area contributed by atoms with Crippen molar-refractivity contribution in [2.45, 2.75) is 13.5 Å². The summed E-state index contributed by atoms with van der Waals surface area (Å²) in [4.78, 5) is 15.5. The van der Waals surface area contributed by atoms with Gasteiger partial charge in [0.2, 0.25) is 0 Å². The number of hydrogen-bond donors (Lipinski definition) is 3. The third-order valence-electron chi connectivity index (χ3n) is 2.93. The van der Waals surface area contributed by atoms with E-state index in [1.165, 1.54) is 0 Å². The van der Waals surface area contributed by atoms with E-state index >= 15 is 0 Å². The first-order chi connectivity index (χ1) is 9.70. The molecule has 0 amide bonds. The number of nitrogens with zero attached hydrogens (tertiary/aromatic N) is 1. The fraction of sp³-hybridized carbons (Fsp3) is 0.143. The number of aromatic nitrogens is 3. The largest absolute Gasteiger partial charge is 0.379 e. The van der Waals surface area contributed by atoms with Crippen LogP contribution in [0.15, 0.2) is 40.5 Å². The van der Waals surface area contributed by atoms with Crippen LogP contribution in [0.2, 0.25) is 0 Å². The molecule has 20 heavy (non-hydrogen) atoms. The summed E-state index contributed by atoms with van der Waals surface area (Å²) in [5.74, 6) is 0. The Labute approximate surface area is 119 Å². The van der Waals surface area contributed by atoms with Crippen molar-refractivity contribution in [3.8, 4) is 11.3 Å². The molecule has 0 spiro atoms. The Morgan fingerprint density at radius 3 is 2.65 bits per heavy atom. The first-order valence-electron chi connectivity index (χ1n) is 6.24. The number of nitrogens with one attached hydrogen (secondary N) is 3. The normalized spacial score (nSPS) is 10.7. The lowest BCUT2D eigenvalue weighted by molar-refractivity contribution is 1.05. The van der Waals surface area contributed by atoms with Gasteiger partial charge in [0.25, 0.3) is 5.56 Å². The second kappa shape index (κ2) is 5.34. The van der Waals surface area contributed by atoms with Gasteiger partial charge in [-0.2, -0.15) is 0 Å². The van der Waals surface area contributed by atoms with Crippen LogP contribution in [0.3, 0.4) is 0 Å². The number of anilines is 1. The molecule has 2 heterocycles. The molecule has 0 fully saturated rings. The zero-order valence-corrected chi connectivity index (χ0v) is 11.8. The standard InChI is InChI=1S/C14H14N4OS/c1-9-16-12(8-20-9)7-15-11-4-2-10(3-5-11)13-6-14(19)18-17-13/h2-6,8,15H,7H2,1H3,(H2,17,18,19). The van der Waals surface area contributed by atoms with Gasteiger partial charge in [-0.15, -0.1) is 11.3 Å². The number of aryl methyl sites for hydroxylation is 1. The van der Waals surface area contributed by atoms with E-state index in [2.05, 4.69) is 25.9 Å². The maximum Gasteiger partial charge on any atom is 0.264 e. The van der Waals surface area contributed by atoms with Gasteiger partial charge >= 0.3 is 0 Å². The quantitative estimate of drug-likeness (QED) is 0.690. The van der Waals surface area contributed by atoms with E-state index in [1.807, 2.05) is 31.2 Å². The number of aromatic amines is 2. The molecule has 0 atom stereocenters. The smallest absolute Gasteiger partial charge is 0.264 e. The fourth-order valence-corrected chi connectivity index (χ4v) is 2.55. The zero-order chi connectivity index (χ0) is 13.9. The van der Waals surface area contributed by atoms with Crippen molar-refractivity contribution in [3.63, 3.8) is 0 Å². The highest BCUT2D eigenvalue weighted by Gasteiger charge is 2.01. The first-order valence-corrected chi connectivity index (χ1v) is 7.12. The highest BCUT2D eigenvalue weighted by molar-refractivity contribution is 7.09. The summed E-state index contributed by atoms with van der Waals surface area (Å²) in [6.45, 7) is 2.71. The molecule has 3 N–H and O–H groups in total. The van der Waals surface area contributed by atoms with Crippen LogP contribution in [0.25, 0.3) is 11.3 Å². The van der Waals surface area contributed by atoms with Gasteiger partial charge in [-0.1, -0.05) is 12.1 Å². The van der Waals surface area contributed by atoms with Gasteiger partial charge in [-0.05, 0) is 24.6 Å². The van der Waals surface area contributed by atoms with E-state index in [0.717, 1.165) is 27.6 Å². The monoisotopic (exact) mass is 286 g/mol. The van der Waals surface area contributed by atoms with E-state index in [9.17, 15) is 4.79 Å². The summed E-state index contributed by atoms with van der Waals surface area (Å²) in [6, 6.07) is 9.45. The van der Waals surface area contributed by atoms with Crippen LogP contribution in [0, 0.1) is 6.92 Å². The molecular weight excluding hydrogens is 272 g/mol. The molecule has 2 aromatic heterocycles. The Morgan fingerprint density at radius 2 is 2.05 bits per heavy atom. The minimum atomic E-state index is -0.124. The number of hydrogen-bond acceptors (Lipinski definition) is 4. The van der Waals surface area contributed by atoms with Crippen molar-refractivity contribution in [2.75, 3.05) is 5.32 Å². The lowest BCUT2D eigenvalue weighted by atomic mass is 10.1. The molecule has 3 rings (SSSR count). The molecule has 102 valence electrons. The van der Waals surface area contributed by atoms with Gasteiger partial charge in [0.15, 0.2) is 0 Å². The van der Waals surface area contributed by atoms with Gasteiger partial charge in [-0.3, -0.25) is 15.0 Å². The van der Waals surface area contributed by atoms with E-state index in [4.69, 9.17) is 0 Å². The van der Waals surface area contributed by atoms with Crippen LogP contribution in [-0.4, -0.2) is 15.2 Å². The molecule has 0 aliphatic heterocycles. The number of rotatable bonds is 4. The van der Waals surface area contributed by atoms with E-state index < -0.39 is 0 Å². The Kier molecular flexibility index (Phi) is 3.39. The number of H-pyrrole nitrogens is 2. The third-order valence-corrected chi connectivity index (χ3v) is 3.75. The molecule has 0 saturated heterocycles. The molecule has 5 nitrogen and oxygen atoms in total. The van der Waals surface area contributed by atoms with Crippen molar-refractivity contribution in [2.24, 2.45) is 0 Å². The third kappa shape index (κ3) is 2.80. The Hall–Kier alpha value is -2.34. The Balaban J connectivity index is 1.68. The predicted molar refractivity (Wildman–Crippen MR) is 81.0 cm³/mol. The highest BCUT2D eigenvalue weighted by atomic mass is 32.1. The van der Waals surface area contributed by atoms with E-state index in [1.54, 1.807) is 17.4 Å². The molecule has 0 unspecified atom stereocenters. The summed E-state index contributed by atoms with van der Waals surface area (Å²) >= 11 is 1.65. The second-order valence-electron chi connectivity index (χ2n) is 4.46. The number of thiazole rings is 1. The zero-order valence-electron chi connectivity index (χ0n) is 10.9. The average molecular weight is 286 g/mol. The van der Waals surface area contributed by atoms with Crippen LogP contribution >= 0.6 is 11.3 Å². The van der Waals surface area contributed by atoms with Crippen molar-refractivity contribution < 1.29 is 0 Å². The molecule has 6 heteroatoms. The van der Waals surface area contributed by atoms with E-state index in [0.29, 0.717) is 6.54 Å². The average Bonchev–Trinajstić information content (AvgIpc) is 3.06. The first kappa shape index (κ1) is 12.7. The van der Waals surface area contributed by atoms with Gasteiger partial charge in [-0.25, -0.2) is 4.98 Å². The number of benzene rings is 1. The maximum atomic E-state index is 11.1. The van der Waals surface area contributed by atoms with Crippen LogP contribution in [0.4, 0.5) is 5.69 Å². The Morgan fingerprint density at radius 1 is 1.25 bits per heavy atom. The fourth-order valence-electron chi connectivity index (χ4n) is 1.94. The molecular formula is C14H14N4OS. The molecule has 0 radical (unpaired) electrons. The van der Waals surface area contributed by atoms with E-state index in [-0.39, 0.29) is 5.56 Å². The SMILES string of the molecule is Cc1nc(CNc2ccc(-c3cc(=O)[nH][nH]3)cc2)cs1. The molecule has 3 aromatic rings. The van der Waals surface area contributed by atoms with Gasteiger partial charge in [0.05, 0.1) is 22.9 Å². The highest BCUT2D eigenvalue weighted by Crippen LogP contribution is 2.18. The summed E-state index contributed by atoms with van der Waals surface area (Å²) < 4.78 is 0. The second-order valence-corrected chi connectivity index (χ2v) is 5.52. The van der Waals surface area contributed by atoms with Crippen molar-refractivity contribution in [1.82, 2.24) is 15.2 Å². The van der Waals surface area contributed by atoms with Crippen LogP contribution < -0.4 is 10.9 Å². The summed E-state index contributed by atoms with van der Waals surface area (Å²) in [7, 11) is 0. The van der Waals surface area contributed by atoms with Crippen LogP contribution in [-0.2, 0) is 6.54 Å². The summed E-state index contributed by atoms with van der Waals surface area (Å²) in [5.41, 5.74) is 3.71. The predicted octanol–water partition coefficient (Wildman–Crippen LogP) is 2.75. The van der Waals surface area contributed by atoms with Gasteiger partial charge < -0.3 is 5.32 Å². The van der Waals surface area contributed by atoms with Crippen LogP contribution in [0.5, 0.6) is 0 Å². The minimum Gasteiger partial charge on any atom is -0.379 e. The summed E-state index contributed by atoms with van der Waals surface area (Å²) in [5, 5.41) is 11.8. The van der Waals surface area contributed by atoms with Crippen molar-refractivity contribution in [3.05, 3.63) is 56.8 Å².